The number of imide groups is 2. The monoisotopic (exact) mass is 404 g/mol. The van der Waals surface area contributed by atoms with Gasteiger partial charge in [0.1, 0.15) is 11.2 Å². The van der Waals surface area contributed by atoms with Crippen LogP contribution in [0.4, 0.5) is 9.59 Å². The number of hydrogen-bond acceptors (Lipinski definition) is 6. The van der Waals surface area contributed by atoms with Gasteiger partial charge in [0.15, 0.2) is 0 Å². The van der Waals surface area contributed by atoms with Crippen LogP contribution in [0.1, 0.15) is 41.5 Å². The lowest BCUT2D eigenvalue weighted by atomic mass is 10.1. The van der Waals surface area contributed by atoms with E-state index in [2.05, 4.69) is 15.9 Å². The smallest absolute Gasteiger partial charge is 0.437 e. The number of amides is 4. The number of carbonyl (C=O) groups is 4. The summed E-state index contributed by atoms with van der Waals surface area (Å²) in [6.07, 6.45) is -3.02. The van der Waals surface area contributed by atoms with E-state index in [0.29, 0.717) is 0 Å². The molecule has 0 aliphatic heterocycles. The molecule has 4 amide bonds. The summed E-state index contributed by atoms with van der Waals surface area (Å²) in [5, 5.41) is 0.204. The number of hydrogen-bond donors (Lipinski definition) is 0. The maximum Gasteiger partial charge on any atom is 0.437 e. The lowest BCUT2D eigenvalue weighted by molar-refractivity contribution is -0.156. The van der Waals surface area contributed by atoms with Crippen molar-refractivity contribution < 1.29 is 28.7 Å². The molecule has 0 rings (SSSR count). The standard InChI is InChI=1S/C14H22BBrN2O6/c1-13(2,3)23-11(21)17(9(19)7-15)18(10(20)8-16)12(22)24-14(4,5)6/h7-8H2,1-6H3. The van der Waals surface area contributed by atoms with E-state index in [4.69, 9.17) is 17.3 Å². The Morgan fingerprint density at radius 2 is 1.17 bits per heavy atom. The van der Waals surface area contributed by atoms with Crippen LogP contribution < -0.4 is 0 Å². The number of rotatable bonds is 2. The maximum atomic E-state index is 12.3. The topological polar surface area (TPSA) is 93.2 Å². The van der Waals surface area contributed by atoms with E-state index >= 15 is 0 Å². The molecule has 0 unspecified atom stereocenters. The molecule has 0 aliphatic carbocycles. The number of alkyl halides is 1. The van der Waals surface area contributed by atoms with E-state index in [1.807, 2.05) is 0 Å². The molecule has 0 spiro atoms. The number of ether oxygens (including phenoxy) is 2. The van der Waals surface area contributed by atoms with Crippen molar-refractivity contribution in [2.24, 2.45) is 0 Å². The fourth-order valence-corrected chi connectivity index (χ4v) is 1.58. The van der Waals surface area contributed by atoms with Crippen LogP contribution in [-0.2, 0) is 19.1 Å². The van der Waals surface area contributed by atoms with Crippen molar-refractivity contribution in [1.29, 1.82) is 0 Å². The second kappa shape index (κ2) is 8.50. The molecule has 0 bridgehead atoms. The van der Waals surface area contributed by atoms with E-state index in [1.165, 1.54) is 0 Å². The summed E-state index contributed by atoms with van der Waals surface area (Å²) in [7, 11) is 5.28. The molecule has 0 aliphatic rings. The van der Waals surface area contributed by atoms with Crippen molar-refractivity contribution in [1.82, 2.24) is 10.0 Å². The first-order chi connectivity index (χ1) is 10.7. The van der Waals surface area contributed by atoms with Gasteiger partial charge in [-0.25, -0.2) is 9.59 Å². The van der Waals surface area contributed by atoms with Gasteiger partial charge in [0.05, 0.1) is 13.2 Å². The molecule has 10 heteroatoms. The average molecular weight is 405 g/mol. The van der Waals surface area contributed by atoms with E-state index in [-0.39, 0.29) is 15.3 Å². The van der Waals surface area contributed by atoms with Gasteiger partial charge >= 0.3 is 12.2 Å². The zero-order chi connectivity index (χ0) is 19.3. The Balaban J connectivity index is 5.84. The third-order valence-corrected chi connectivity index (χ3v) is 2.57. The van der Waals surface area contributed by atoms with Gasteiger partial charge < -0.3 is 9.47 Å². The Kier molecular flexibility index (Phi) is 7.94. The Labute approximate surface area is 151 Å². The number of hydrazine groups is 1. The predicted molar refractivity (Wildman–Crippen MR) is 90.5 cm³/mol. The third-order valence-electron chi connectivity index (χ3n) is 2.09. The van der Waals surface area contributed by atoms with Crippen molar-refractivity contribution in [3.8, 4) is 0 Å². The van der Waals surface area contributed by atoms with Gasteiger partial charge in [0.2, 0.25) is 5.91 Å². The van der Waals surface area contributed by atoms with Crippen molar-refractivity contribution in [2.75, 3.05) is 5.33 Å². The fourth-order valence-electron chi connectivity index (χ4n) is 1.34. The lowest BCUT2D eigenvalue weighted by Gasteiger charge is -2.33. The van der Waals surface area contributed by atoms with Crippen LogP contribution in [0.15, 0.2) is 0 Å². The summed E-state index contributed by atoms with van der Waals surface area (Å²) < 4.78 is 10.2. The summed E-state index contributed by atoms with van der Waals surface area (Å²) in [5.41, 5.74) is -1.91. The van der Waals surface area contributed by atoms with Crippen molar-refractivity contribution >= 4 is 47.8 Å². The van der Waals surface area contributed by atoms with Crippen LogP contribution in [-0.4, -0.2) is 58.4 Å². The molecular formula is C14H22BBrN2O6. The highest BCUT2D eigenvalue weighted by atomic mass is 79.9. The molecule has 0 aromatic rings. The number of halogens is 1. The van der Waals surface area contributed by atoms with Crippen LogP contribution >= 0.6 is 15.9 Å². The van der Waals surface area contributed by atoms with Crippen LogP contribution in [0.5, 0.6) is 0 Å². The second-order valence-corrected chi connectivity index (χ2v) is 7.27. The van der Waals surface area contributed by atoms with Gasteiger partial charge in [-0.2, -0.15) is 0 Å². The minimum absolute atomic E-state index is 0.253. The van der Waals surface area contributed by atoms with Gasteiger partial charge in [-0.1, -0.05) is 15.9 Å². The molecule has 0 saturated carbocycles. The average Bonchev–Trinajstić information content (AvgIpc) is 2.38. The molecule has 0 atom stereocenters. The van der Waals surface area contributed by atoms with Crippen molar-refractivity contribution in [3.63, 3.8) is 0 Å². The normalized spacial score (nSPS) is 11.5. The molecule has 0 fully saturated rings. The summed E-state index contributed by atoms with van der Waals surface area (Å²) >= 11 is 2.89. The van der Waals surface area contributed by atoms with E-state index in [9.17, 15) is 19.2 Å². The minimum Gasteiger partial charge on any atom is -0.442 e. The minimum atomic E-state index is -1.21. The van der Waals surface area contributed by atoms with E-state index in [0.717, 1.165) is 0 Å². The fraction of sp³-hybridized carbons (Fsp3) is 0.714. The van der Waals surface area contributed by atoms with Gasteiger partial charge in [0.25, 0.3) is 5.91 Å². The van der Waals surface area contributed by atoms with E-state index < -0.39 is 41.5 Å². The zero-order valence-electron chi connectivity index (χ0n) is 14.7. The summed E-state index contributed by atoms with van der Waals surface area (Å²) in [6, 6.07) is 0. The first kappa shape index (κ1) is 22.4. The molecule has 24 heavy (non-hydrogen) atoms. The largest absolute Gasteiger partial charge is 0.442 e. The van der Waals surface area contributed by atoms with Gasteiger partial charge in [-0.3, -0.25) is 9.59 Å². The van der Waals surface area contributed by atoms with Gasteiger partial charge in [-0.05, 0) is 47.9 Å². The molecule has 0 saturated heterocycles. The summed E-state index contributed by atoms with van der Waals surface area (Å²) in [5.74, 6) is -1.89. The van der Waals surface area contributed by atoms with Crippen LogP contribution in [0.25, 0.3) is 0 Å². The van der Waals surface area contributed by atoms with Crippen LogP contribution in [0.2, 0.25) is 6.32 Å². The first-order valence-corrected chi connectivity index (χ1v) is 8.23. The Hall–Kier alpha value is -1.58. The second-order valence-electron chi connectivity index (χ2n) is 6.71. The lowest BCUT2D eigenvalue weighted by Crippen LogP contribution is -2.57. The Bertz CT molecular complexity index is 466. The number of nitrogens with zero attached hydrogens (tertiary/aromatic N) is 2. The molecule has 0 aromatic carbocycles. The van der Waals surface area contributed by atoms with Crippen LogP contribution in [0, 0.1) is 0 Å². The van der Waals surface area contributed by atoms with Crippen molar-refractivity contribution in [3.05, 3.63) is 0 Å². The van der Waals surface area contributed by atoms with Gasteiger partial charge in [-0.15, -0.1) is 10.0 Å². The quantitative estimate of drug-likeness (QED) is 0.398. The predicted octanol–water partition coefficient (Wildman–Crippen LogP) is 2.41. The summed E-state index contributed by atoms with van der Waals surface area (Å²) in [4.78, 5) is 48.8. The van der Waals surface area contributed by atoms with Crippen molar-refractivity contribution in [2.45, 2.75) is 59.1 Å². The Morgan fingerprint density at radius 3 is 1.42 bits per heavy atom. The zero-order valence-corrected chi connectivity index (χ0v) is 16.3. The molecule has 2 radical (unpaired) electrons. The number of carbonyl (C=O) groups excluding carboxylic acids is 4. The van der Waals surface area contributed by atoms with E-state index in [1.54, 1.807) is 41.5 Å². The molecule has 134 valence electrons. The molecular weight excluding hydrogens is 383 g/mol. The maximum absolute atomic E-state index is 12.3. The molecule has 8 nitrogen and oxygen atoms in total. The molecule has 0 N–H and O–H groups in total. The highest BCUT2D eigenvalue weighted by Crippen LogP contribution is 2.17. The SMILES string of the molecule is [B]CC(=O)N(C(=O)OC(C)(C)C)N(C(=O)CBr)C(=O)OC(C)(C)C. The van der Waals surface area contributed by atoms with Crippen LogP contribution in [0.3, 0.4) is 0 Å². The highest BCUT2D eigenvalue weighted by Gasteiger charge is 2.40. The third kappa shape index (κ3) is 7.33. The molecule has 0 aromatic heterocycles. The highest BCUT2D eigenvalue weighted by molar-refractivity contribution is 9.09. The Morgan fingerprint density at radius 1 is 0.833 bits per heavy atom. The van der Waals surface area contributed by atoms with Gasteiger partial charge in [0, 0.05) is 0 Å². The summed E-state index contributed by atoms with van der Waals surface area (Å²) in [6.45, 7) is 9.43. The first-order valence-electron chi connectivity index (χ1n) is 7.11. The molecule has 0 heterocycles.